The first-order chi connectivity index (χ1) is 17.8. The normalized spacial score (nSPS) is 14.4. The molecule has 2 aromatic rings. The number of nitrogen functional groups attached to an aromatic ring is 1. The van der Waals surface area contributed by atoms with Crippen molar-refractivity contribution < 1.29 is 33.3 Å². The Morgan fingerprint density at radius 3 is 1.79 bits per heavy atom. The summed E-state index contributed by atoms with van der Waals surface area (Å²) in [4.78, 5) is 37.9. The maximum absolute atomic E-state index is 12.2. The smallest absolute Gasteiger partial charge is 0.415 e. The van der Waals surface area contributed by atoms with Crippen LogP contribution in [0, 0.1) is 0 Å². The lowest BCUT2D eigenvalue weighted by molar-refractivity contribution is -0.105. The molecule has 0 atom stereocenters. The summed E-state index contributed by atoms with van der Waals surface area (Å²) in [5.74, 6) is 1.25. The Morgan fingerprint density at radius 1 is 0.842 bits per heavy atom. The van der Waals surface area contributed by atoms with Gasteiger partial charge in [0.1, 0.15) is 35.9 Å². The molecule has 2 aromatic carbocycles. The third kappa shape index (κ3) is 7.67. The maximum Gasteiger partial charge on any atom is 0.415 e. The third-order valence-electron chi connectivity index (χ3n) is 5.12. The molecule has 2 aliphatic rings. The van der Waals surface area contributed by atoms with Crippen LogP contribution in [0.25, 0.3) is 0 Å². The van der Waals surface area contributed by atoms with Gasteiger partial charge < -0.3 is 30.0 Å². The Labute approximate surface area is 222 Å². The molecule has 0 spiro atoms. The number of rotatable bonds is 2. The van der Waals surface area contributed by atoms with Gasteiger partial charge in [0.15, 0.2) is 0 Å². The van der Waals surface area contributed by atoms with Crippen LogP contribution < -0.4 is 30.3 Å². The van der Waals surface area contributed by atoms with Crippen molar-refractivity contribution in [3.8, 4) is 11.5 Å². The minimum absolute atomic E-state index is 0.377. The monoisotopic (exact) mass is 528 g/mol. The van der Waals surface area contributed by atoms with Gasteiger partial charge >= 0.3 is 12.2 Å². The second kappa shape index (κ2) is 11.5. The van der Waals surface area contributed by atoms with Crippen LogP contribution in [0.3, 0.4) is 0 Å². The fraction of sp³-hybridized carbons (Fsp3) is 0.444. The molecule has 2 heterocycles. The molecule has 0 saturated heterocycles. The van der Waals surface area contributed by atoms with E-state index in [1.807, 2.05) is 41.5 Å². The molecule has 0 unspecified atom stereocenters. The summed E-state index contributed by atoms with van der Waals surface area (Å²) in [6.07, 6.45) is -0.216. The second-order valence-electron chi connectivity index (χ2n) is 10.6. The van der Waals surface area contributed by atoms with Crippen molar-refractivity contribution >= 4 is 41.3 Å². The summed E-state index contributed by atoms with van der Waals surface area (Å²) in [6.45, 7) is 12.7. The van der Waals surface area contributed by atoms with E-state index in [4.69, 9.17) is 24.7 Å². The van der Waals surface area contributed by atoms with Crippen LogP contribution in [0.15, 0.2) is 36.4 Å². The summed E-state index contributed by atoms with van der Waals surface area (Å²) < 4.78 is 21.7. The van der Waals surface area contributed by atoms with Crippen LogP contribution in [-0.4, -0.2) is 56.1 Å². The number of carbonyl (C=O) groups excluding carboxylic acids is 3. The van der Waals surface area contributed by atoms with E-state index in [-0.39, 0.29) is 6.09 Å². The summed E-state index contributed by atoms with van der Waals surface area (Å²) in [5.41, 5.74) is 7.10. The molecule has 0 aliphatic carbocycles. The van der Waals surface area contributed by atoms with Crippen molar-refractivity contribution in [3.63, 3.8) is 0 Å². The van der Waals surface area contributed by atoms with Crippen molar-refractivity contribution in [2.24, 2.45) is 0 Å². The van der Waals surface area contributed by atoms with E-state index in [9.17, 15) is 14.4 Å². The highest BCUT2D eigenvalue weighted by atomic mass is 16.6. The van der Waals surface area contributed by atoms with E-state index in [0.717, 1.165) is 0 Å². The molecular weight excluding hydrogens is 492 g/mol. The van der Waals surface area contributed by atoms with Crippen molar-refractivity contribution in [2.45, 2.75) is 52.7 Å². The van der Waals surface area contributed by atoms with E-state index in [2.05, 4.69) is 5.32 Å². The quantitative estimate of drug-likeness (QED) is 0.420. The van der Waals surface area contributed by atoms with E-state index in [1.54, 1.807) is 41.3 Å². The van der Waals surface area contributed by atoms with Crippen LogP contribution in [0.5, 0.6) is 11.5 Å². The lowest BCUT2D eigenvalue weighted by atomic mass is 10.2. The summed E-state index contributed by atoms with van der Waals surface area (Å²) in [7, 11) is 0. The highest BCUT2D eigenvalue weighted by Crippen LogP contribution is 2.35. The van der Waals surface area contributed by atoms with Crippen LogP contribution in [-0.2, 0) is 14.3 Å². The number of ether oxygens (including phenoxy) is 4. The highest BCUT2D eigenvalue weighted by molar-refractivity contribution is 5.92. The van der Waals surface area contributed by atoms with Crippen molar-refractivity contribution in [3.05, 3.63) is 36.4 Å². The van der Waals surface area contributed by atoms with Gasteiger partial charge in [-0.2, -0.15) is 0 Å². The van der Waals surface area contributed by atoms with Crippen LogP contribution in [0.4, 0.5) is 32.3 Å². The lowest BCUT2D eigenvalue weighted by Gasteiger charge is -2.31. The number of benzene rings is 2. The third-order valence-corrected chi connectivity index (χ3v) is 5.12. The molecule has 11 nitrogen and oxygen atoms in total. The molecule has 206 valence electrons. The molecule has 11 heteroatoms. The Balaban J connectivity index is 0.000000212. The summed E-state index contributed by atoms with van der Waals surface area (Å²) >= 11 is 0. The minimum atomic E-state index is -0.561. The SMILES string of the molecule is CC(C)(C)OC(=O)N1CCOc2ccc(N)cc21.CC(C)(C)OC(=O)N1CCOc2ccc(NC=O)cc21. The Morgan fingerprint density at radius 2 is 1.32 bits per heavy atom. The number of nitrogens with zero attached hydrogens (tertiary/aromatic N) is 2. The molecule has 3 amide bonds. The van der Waals surface area contributed by atoms with E-state index in [0.29, 0.717) is 67.0 Å². The predicted octanol–water partition coefficient (Wildman–Crippen LogP) is 4.79. The van der Waals surface area contributed by atoms with Crippen molar-refractivity contribution in [1.82, 2.24) is 0 Å². The molecule has 0 aromatic heterocycles. The number of fused-ring (bicyclic) bond motifs is 2. The Hall–Kier alpha value is -4.15. The van der Waals surface area contributed by atoms with Crippen molar-refractivity contribution in [2.75, 3.05) is 47.2 Å². The van der Waals surface area contributed by atoms with Crippen molar-refractivity contribution in [1.29, 1.82) is 0 Å². The number of nitrogens with two attached hydrogens (primary N) is 1. The van der Waals surface area contributed by atoms with E-state index < -0.39 is 17.3 Å². The Kier molecular flexibility index (Phi) is 8.60. The van der Waals surface area contributed by atoms with Gasteiger partial charge in [-0.3, -0.25) is 14.6 Å². The van der Waals surface area contributed by atoms with Gasteiger partial charge in [-0.1, -0.05) is 0 Å². The van der Waals surface area contributed by atoms with Crippen LogP contribution in [0.1, 0.15) is 41.5 Å². The molecule has 3 N–H and O–H groups in total. The van der Waals surface area contributed by atoms with Crippen LogP contribution >= 0.6 is 0 Å². The van der Waals surface area contributed by atoms with E-state index in [1.165, 1.54) is 4.90 Å². The predicted molar refractivity (Wildman–Crippen MR) is 145 cm³/mol. The maximum atomic E-state index is 12.2. The zero-order chi connectivity index (χ0) is 28.1. The largest absolute Gasteiger partial charge is 0.490 e. The van der Waals surface area contributed by atoms with Gasteiger partial charge in [0.2, 0.25) is 6.41 Å². The average molecular weight is 529 g/mol. The number of hydrogen-bond donors (Lipinski definition) is 2. The topological polar surface area (TPSA) is 133 Å². The first-order valence-corrected chi connectivity index (χ1v) is 12.3. The first kappa shape index (κ1) is 28.4. The number of carbonyl (C=O) groups is 3. The minimum Gasteiger partial charge on any atom is -0.490 e. The highest BCUT2D eigenvalue weighted by Gasteiger charge is 2.29. The van der Waals surface area contributed by atoms with Gasteiger partial charge in [0.25, 0.3) is 0 Å². The van der Waals surface area contributed by atoms with Crippen LogP contribution in [0.2, 0.25) is 0 Å². The first-order valence-electron chi connectivity index (χ1n) is 12.3. The van der Waals surface area contributed by atoms with E-state index >= 15 is 0 Å². The van der Waals surface area contributed by atoms with Gasteiger partial charge in [-0.25, -0.2) is 9.59 Å². The summed E-state index contributed by atoms with van der Waals surface area (Å²) in [5, 5.41) is 2.55. The molecule has 0 bridgehead atoms. The van der Waals surface area contributed by atoms with Gasteiger partial charge in [0, 0.05) is 11.4 Å². The number of anilines is 4. The van der Waals surface area contributed by atoms with Gasteiger partial charge in [-0.05, 0) is 77.9 Å². The number of amides is 3. The molecule has 0 fully saturated rings. The zero-order valence-electron chi connectivity index (χ0n) is 22.7. The Bertz CT molecular complexity index is 1170. The summed E-state index contributed by atoms with van der Waals surface area (Å²) in [6, 6.07) is 10.4. The fourth-order valence-electron chi connectivity index (χ4n) is 3.62. The zero-order valence-corrected chi connectivity index (χ0v) is 22.7. The molecule has 0 saturated carbocycles. The molecule has 38 heavy (non-hydrogen) atoms. The number of hydrogen-bond acceptors (Lipinski definition) is 8. The standard InChI is InChI=1S/C14H18N2O4.C13H18N2O3/c1-14(2,3)20-13(18)16-6-7-19-12-5-4-10(15-9-17)8-11(12)16;1-13(2,3)18-12(16)15-6-7-17-11-5-4-9(14)8-10(11)15/h4-5,8-9H,6-7H2,1-3H3,(H,15,17);4-5,8H,6-7,14H2,1-3H3. The fourth-order valence-corrected chi connectivity index (χ4v) is 3.62. The molecular formula is C27H36N4O7. The van der Waals surface area contributed by atoms with Gasteiger partial charge in [-0.15, -0.1) is 0 Å². The lowest BCUT2D eigenvalue weighted by Crippen LogP contribution is -2.41. The van der Waals surface area contributed by atoms with Gasteiger partial charge in [0.05, 0.1) is 24.5 Å². The second-order valence-corrected chi connectivity index (χ2v) is 10.6. The molecule has 4 rings (SSSR count). The number of nitrogens with one attached hydrogen (secondary N) is 1. The molecule has 0 radical (unpaired) electrons. The average Bonchev–Trinajstić information content (AvgIpc) is 2.81. The molecule has 2 aliphatic heterocycles.